The Morgan fingerprint density at radius 2 is 1.96 bits per heavy atom. The third kappa shape index (κ3) is 4.26. The highest BCUT2D eigenvalue weighted by molar-refractivity contribution is 6.32. The molecule has 25 heavy (non-hydrogen) atoms. The first-order valence-electron chi connectivity index (χ1n) is 7.75. The first-order valence-corrected chi connectivity index (χ1v) is 8.12. The van der Waals surface area contributed by atoms with Gasteiger partial charge in [0.25, 0.3) is 5.91 Å². The number of amides is 1. The van der Waals surface area contributed by atoms with Crippen molar-refractivity contribution in [1.29, 1.82) is 0 Å². The minimum Gasteiger partial charge on any atom is -0.491 e. The van der Waals surface area contributed by atoms with Gasteiger partial charge in [0.2, 0.25) is 0 Å². The molecule has 0 bridgehead atoms. The van der Waals surface area contributed by atoms with Crippen molar-refractivity contribution in [3.05, 3.63) is 65.3 Å². The van der Waals surface area contributed by atoms with Gasteiger partial charge in [0, 0.05) is 29.4 Å². The number of ether oxygens (including phenoxy) is 2. The lowest BCUT2D eigenvalue weighted by molar-refractivity contribution is 0.102. The van der Waals surface area contributed by atoms with E-state index in [1.165, 1.54) is 0 Å². The molecule has 0 atom stereocenters. The molecule has 0 saturated heterocycles. The van der Waals surface area contributed by atoms with Crippen LogP contribution in [-0.4, -0.2) is 31.2 Å². The van der Waals surface area contributed by atoms with E-state index in [1.54, 1.807) is 49.7 Å². The molecule has 128 valence electrons. The normalized spacial score (nSPS) is 10.6. The average Bonchev–Trinajstić information content (AvgIpc) is 2.62. The molecule has 1 aromatic heterocycles. The van der Waals surface area contributed by atoms with Gasteiger partial charge in [0.1, 0.15) is 12.4 Å². The van der Waals surface area contributed by atoms with E-state index in [4.69, 9.17) is 21.1 Å². The summed E-state index contributed by atoms with van der Waals surface area (Å²) in [6, 6.07) is 14.2. The Morgan fingerprint density at radius 1 is 1.16 bits per heavy atom. The fourth-order valence-corrected chi connectivity index (χ4v) is 2.63. The number of hydrogen-bond donors (Lipinski definition) is 1. The molecule has 0 aliphatic rings. The minimum absolute atomic E-state index is 0.265. The van der Waals surface area contributed by atoms with Crippen LogP contribution in [0.1, 0.15) is 10.4 Å². The molecular weight excluding hydrogens is 340 g/mol. The molecule has 0 spiro atoms. The Labute approximate surface area is 150 Å². The molecule has 2 aromatic carbocycles. The number of pyridine rings is 1. The number of anilines is 1. The maximum atomic E-state index is 12.6. The number of hydrogen-bond acceptors (Lipinski definition) is 4. The van der Waals surface area contributed by atoms with E-state index < -0.39 is 0 Å². The molecular formula is C19H17ClN2O3. The molecule has 5 nitrogen and oxygen atoms in total. The number of fused-ring (bicyclic) bond motifs is 1. The maximum absolute atomic E-state index is 12.6. The number of rotatable bonds is 6. The third-order valence-corrected chi connectivity index (χ3v) is 3.80. The molecule has 3 aromatic rings. The van der Waals surface area contributed by atoms with Crippen molar-refractivity contribution in [1.82, 2.24) is 4.98 Å². The van der Waals surface area contributed by atoms with Crippen molar-refractivity contribution in [2.45, 2.75) is 0 Å². The van der Waals surface area contributed by atoms with Crippen molar-refractivity contribution < 1.29 is 14.3 Å². The van der Waals surface area contributed by atoms with Crippen LogP contribution < -0.4 is 10.1 Å². The van der Waals surface area contributed by atoms with Crippen LogP contribution in [0.2, 0.25) is 5.02 Å². The van der Waals surface area contributed by atoms with Gasteiger partial charge in [0.15, 0.2) is 0 Å². The zero-order chi connectivity index (χ0) is 17.6. The van der Waals surface area contributed by atoms with E-state index >= 15 is 0 Å². The van der Waals surface area contributed by atoms with Gasteiger partial charge >= 0.3 is 0 Å². The molecule has 0 aliphatic carbocycles. The predicted molar refractivity (Wildman–Crippen MR) is 98.5 cm³/mol. The number of methoxy groups -OCH3 is 1. The van der Waals surface area contributed by atoms with Crippen LogP contribution in [0.15, 0.2) is 54.7 Å². The Morgan fingerprint density at radius 3 is 2.72 bits per heavy atom. The lowest BCUT2D eigenvalue weighted by Gasteiger charge is -2.10. The van der Waals surface area contributed by atoms with Crippen molar-refractivity contribution in [3.8, 4) is 5.75 Å². The molecule has 1 N–H and O–H groups in total. The van der Waals surface area contributed by atoms with Crippen LogP contribution in [0.3, 0.4) is 0 Å². The molecule has 6 heteroatoms. The fourth-order valence-electron chi connectivity index (χ4n) is 2.40. The lowest BCUT2D eigenvalue weighted by Crippen LogP contribution is -2.13. The van der Waals surface area contributed by atoms with Gasteiger partial charge in [-0.05, 0) is 42.5 Å². The topological polar surface area (TPSA) is 60.5 Å². The summed E-state index contributed by atoms with van der Waals surface area (Å²) in [7, 11) is 1.62. The van der Waals surface area contributed by atoms with Gasteiger partial charge in [-0.25, -0.2) is 0 Å². The molecule has 0 radical (unpaired) electrons. The largest absolute Gasteiger partial charge is 0.491 e. The Kier molecular flexibility index (Phi) is 5.48. The Bertz CT molecular complexity index is 881. The molecule has 3 rings (SSSR count). The van der Waals surface area contributed by atoms with Crippen molar-refractivity contribution >= 4 is 34.1 Å². The first-order chi connectivity index (χ1) is 12.2. The average molecular weight is 357 g/mol. The molecule has 1 amide bonds. The standard InChI is InChI=1S/C19H17ClN2O3/c1-24-9-10-25-16-6-4-15(5-7-16)22-19(23)17-12-14(20)11-13-3-2-8-21-18(13)17/h2-8,11-12H,9-10H2,1H3,(H,22,23). The highest BCUT2D eigenvalue weighted by Gasteiger charge is 2.13. The molecule has 1 heterocycles. The predicted octanol–water partition coefficient (Wildman–Crippen LogP) is 4.17. The summed E-state index contributed by atoms with van der Waals surface area (Å²) in [4.78, 5) is 16.9. The molecule has 0 saturated carbocycles. The minimum atomic E-state index is -0.265. The van der Waals surface area contributed by atoms with Crippen molar-refractivity contribution in [3.63, 3.8) is 0 Å². The number of carbonyl (C=O) groups is 1. The number of carbonyl (C=O) groups excluding carboxylic acids is 1. The monoisotopic (exact) mass is 356 g/mol. The van der Waals surface area contributed by atoms with Crippen LogP contribution in [0.5, 0.6) is 5.75 Å². The second-order valence-corrected chi connectivity index (χ2v) is 5.78. The maximum Gasteiger partial charge on any atom is 0.257 e. The van der Waals surface area contributed by atoms with Crippen molar-refractivity contribution in [2.75, 3.05) is 25.6 Å². The van der Waals surface area contributed by atoms with Crippen LogP contribution in [0.4, 0.5) is 5.69 Å². The van der Waals surface area contributed by atoms with Gasteiger partial charge in [-0.3, -0.25) is 9.78 Å². The Hall–Kier alpha value is -2.63. The second-order valence-electron chi connectivity index (χ2n) is 5.35. The van der Waals surface area contributed by atoms with Gasteiger partial charge in [0.05, 0.1) is 17.7 Å². The smallest absolute Gasteiger partial charge is 0.257 e. The number of halogens is 1. The van der Waals surface area contributed by atoms with Gasteiger partial charge in [-0.15, -0.1) is 0 Å². The lowest BCUT2D eigenvalue weighted by atomic mass is 10.1. The number of nitrogens with one attached hydrogen (secondary N) is 1. The van der Waals surface area contributed by atoms with E-state index in [9.17, 15) is 4.79 Å². The van der Waals surface area contributed by atoms with Crippen LogP contribution >= 0.6 is 11.6 Å². The highest BCUT2D eigenvalue weighted by Crippen LogP contribution is 2.23. The SMILES string of the molecule is COCCOc1ccc(NC(=O)c2cc(Cl)cc3cccnc23)cc1. The van der Waals surface area contributed by atoms with Crippen molar-refractivity contribution in [2.24, 2.45) is 0 Å². The summed E-state index contributed by atoms with van der Waals surface area (Å²) in [5.74, 6) is 0.448. The van der Waals surface area contributed by atoms with Gasteiger partial charge in [-0.1, -0.05) is 17.7 Å². The van der Waals surface area contributed by atoms with E-state index in [2.05, 4.69) is 10.3 Å². The van der Waals surface area contributed by atoms with Gasteiger partial charge in [-0.2, -0.15) is 0 Å². The molecule has 0 fully saturated rings. The van der Waals surface area contributed by atoms with E-state index in [0.717, 1.165) is 5.39 Å². The van der Waals surface area contributed by atoms with Gasteiger partial charge < -0.3 is 14.8 Å². The third-order valence-electron chi connectivity index (χ3n) is 3.58. The summed E-state index contributed by atoms with van der Waals surface area (Å²) in [6.45, 7) is 0.996. The summed E-state index contributed by atoms with van der Waals surface area (Å²) in [5.41, 5.74) is 1.71. The molecule has 0 unspecified atom stereocenters. The summed E-state index contributed by atoms with van der Waals surface area (Å²) >= 11 is 6.12. The quantitative estimate of drug-likeness (QED) is 0.673. The highest BCUT2D eigenvalue weighted by atomic mass is 35.5. The number of benzene rings is 2. The van der Waals surface area contributed by atoms with Crippen LogP contribution in [-0.2, 0) is 4.74 Å². The molecule has 0 aliphatic heterocycles. The van der Waals surface area contributed by atoms with E-state index in [-0.39, 0.29) is 5.91 Å². The zero-order valence-electron chi connectivity index (χ0n) is 13.7. The van der Waals surface area contributed by atoms with Crippen LogP contribution in [0, 0.1) is 0 Å². The number of aromatic nitrogens is 1. The summed E-state index contributed by atoms with van der Waals surface area (Å²) in [5, 5.41) is 4.17. The van der Waals surface area contributed by atoms with E-state index in [1.807, 2.05) is 12.1 Å². The summed E-state index contributed by atoms with van der Waals surface area (Å²) < 4.78 is 10.4. The Balaban J connectivity index is 1.76. The second kappa shape index (κ2) is 7.96. The summed E-state index contributed by atoms with van der Waals surface area (Å²) in [6.07, 6.45) is 1.65. The zero-order valence-corrected chi connectivity index (χ0v) is 14.4. The van der Waals surface area contributed by atoms with Crippen LogP contribution in [0.25, 0.3) is 10.9 Å². The van der Waals surface area contributed by atoms with E-state index in [0.29, 0.717) is 40.8 Å². The number of nitrogens with zero attached hydrogens (tertiary/aromatic N) is 1. The first kappa shape index (κ1) is 17.2. The fraction of sp³-hybridized carbons (Fsp3) is 0.158.